The second-order valence-electron chi connectivity index (χ2n) is 7.55. The molecule has 134 valence electrons. The molecule has 1 N–H and O–H groups in total. The van der Waals surface area contributed by atoms with Gasteiger partial charge in [0.15, 0.2) is 0 Å². The first-order valence-corrected chi connectivity index (χ1v) is 9.67. The summed E-state index contributed by atoms with van der Waals surface area (Å²) in [7, 11) is 2.29. The van der Waals surface area contributed by atoms with Crippen LogP contribution < -0.4 is 4.90 Å². The standard InChI is InChI=1S/C23H26N2O/c1-24-20-12-13-21(24)17-22(16-20)25(15-14-18-8-4-2-5-9-18)23(26)19-10-6-3-7-11-19/h2-11,16,20-21H,12-15,17H2,1H3/p+1/t20-,21+/m1/s1. The average molecular weight is 347 g/mol. The predicted molar refractivity (Wildman–Crippen MR) is 104 cm³/mol. The van der Waals surface area contributed by atoms with Gasteiger partial charge in [-0.25, -0.2) is 0 Å². The molecule has 3 nitrogen and oxygen atoms in total. The number of rotatable bonds is 5. The van der Waals surface area contributed by atoms with Crippen LogP contribution >= 0.6 is 0 Å². The fourth-order valence-corrected chi connectivity index (χ4v) is 4.37. The highest BCUT2D eigenvalue weighted by molar-refractivity contribution is 5.95. The van der Waals surface area contributed by atoms with Crippen molar-refractivity contribution in [1.82, 2.24) is 4.90 Å². The Labute approximate surface area is 155 Å². The van der Waals surface area contributed by atoms with Crippen molar-refractivity contribution in [1.29, 1.82) is 0 Å². The lowest BCUT2D eigenvalue weighted by Gasteiger charge is -2.33. The van der Waals surface area contributed by atoms with E-state index in [1.165, 1.54) is 24.1 Å². The van der Waals surface area contributed by atoms with Crippen molar-refractivity contribution in [3.8, 4) is 0 Å². The maximum atomic E-state index is 13.3. The van der Waals surface area contributed by atoms with E-state index in [0.29, 0.717) is 12.1 Å². The van der Waals surface area contributed by atoms with Crippen LogP contribution in [-0.2, 0) is 6.42 Å². The molecule has 0 aromatic heterocycles. The lowest BCUT2D eigenvalue weighted by Crippen LogP contribution is -3.14. The van der Waals surface area contributed by atoms with Crippen LogP contribution in [0.1, 0.15) is 35.2 Å². The Morgan fingerprint density at radius 3 is 2.42 bits per heavy atom. The van der Waals surface area contributed by atoms with Crippen LogP contribution in [0.5, 0.6) is 0 Å². The Bertz CT molecular complexity index is 784. The fraction of sp³-hybridized carbons (Fsp3) is 0.348. The molecule has 2 aliphatic rings. The van der Waals surface area contributed by atoms with Crippen molar-refractivity contribution >= 4 is 5.91 Å². The first-order chi connectivity index (χ1) is 12.7. The molecule has 3 heteroatoms. The molecule has 26 heavy (non-hydrogen) atoms. The first kappa shape index (κ1) is 17.0. The van der Waals surface area contributed by atoms with Gasteiger partial charge in [0.2, 0.25) is 0 Å². The summed E-state index contributed by atoms with van der Waals surface area (Å²) in [6.07, 6.45) is 6.77. The van der Waals surface area contributed by atoms with Gasteiger partial charge >= 0.3 is 0 Å². The number of nitrogens with zero attached hydrogens (tertiary/aromatic N) is 1. The number of hydrogen-bond donors (Lipinski definition) is 1. The van der Waals surface area contributed by atoms with Crippen LogP contribution in [0.25, 0.3) is 0 Å². The molecule has 0 saturated carbocycles. The highest BCUT2D eigenvalue weighted by Crippen LogP contribution is 2.26. The maximum Gasteiger partial charge on any atom is 0.258 e. The smallest absolute Gasteiger partial charge is 0.258 e. The van der Waals surface area contributed by atoms with E-state index in [-0.39, 0.29) is 5.91 Å². The number of carbonyl (C=O) groups excluding carboxylic acids is 1. The Balaban J connectivity index is 1.59. The quantitative estimate of drug-likeness (QED) is 0.884. The van der Waals surface area contributed by atoms with Crippen molar-refractivity contribution in [2.45, 2.75) is 37.8 Å². The zero-order chi connectivity index (χ0) is 17.9. The number of likely N-dealkylation sites (N-methyl/N-ethyl adjacent to an activating group) is 1. The number of fused-ring (bicyclic) bond motifs is 2. The molecule has 0 radical (unpaired) electrons. The second kappa shape index (κ2) is 7.46. The normalized spacial score (nSPS) is 24.2. The average Bonchev–Trinajstić information content (AvgIpc) is 2.90. The van der Waals surface area contributed by atoms with Gasteiger partial charge in [0.25, 0.3) is 5.91 Å². The number of quaternary nitrogens is 1. The second-order valence-corrected chi connectivity index (χ2v) is 7.55. The van der Waals surface area contributed by atoms with E-state index >= 15 is 0 Å². The van der Waals surface area contributed by atoms with Gasteiger partial charge in [-0.1, -0.05) is 48.5 Å². The number of amides is 1. The number of hydrogen-bond acceptors (Lipinski definition) is 1. The molecule has 2 aromatic carbocycles. The number of nitrogens with one attached hydrogen (secondary N) is 1. The molecule has 4 rings (SSSR count). The number of benzene rings is 2. The fourth-order valence-electron chi connectivity index (χ4n) is 4.37. The predicted octanol–water partition coefficient (Wildman–Crippen LogP) is 2.70. The summed E-state index contributed by atoms with van der Waals surface area (Å²) >= 11 is 0. The molecular formula is C23H27N2O+. The lowest BCUT2D eigenvalue weighted by molar-refractivity contribution is -0.912. The highest BCUT2D eigenvalue weighted by atomic mass is 16.2. The molecule has 3 atom stereocenters. The summed E-state index contributed by atoms with van der Waals surface area (Å²) in [6, 6.07) is 21.4. The molecule has 1 amide bonds. The minimum atomic E-state index is 0.131. The monoisotopic (exact) mass is 347 g/mol. The van der Waals surface area contributed by atoms with Crippen LogP contribution in [-0.4, -0.2) is 36.5 Å². The summed E-state index contributed by atoms with van der Waals surface area (Å²) in [6.45, 7) is 0.738. The van der Waals surface area contributed by atoms with E-state index < -0.39 is 0 Å². The van der Waals surface area contributed by atoms with Crippen molar-refractivity contribution in [3.63, 3.8) is 0 Å². The zero-order valence-electron chi connectivity index (χ0n) is 15.4. The van der Waals surface area contributed by atoms with Crippen molar-refractivity contribution < 1.29 is 9.69 Å². The lowest BCUT2D eigenvalue weighted by atomic mass is 10.0. The van der Waals surface area contributed by atoms with Gasteiger partial charge in [-0.2, -0.15) is 0 Å². The Morgan fingerprint density at radius 1 is 1.04 bits per heavy atom. The van der Waals surface area contributed by atoms with Crippen molar-refractivity contribution in [2.24, 2.45) is 0 Å². The maximum absolute atomic E-state index is 13.3. The molecule has 2 bridgehead atoms. The van der Waals surface area contributed by atoms with Gasteiger partial charge in [0, 0.05) is 37.1 Å². The minimum absolute atomic E-state index is 0.131. The van der Waals surface area contributed by atoms with Crippen LogP contribution in [0.15, 0.2) is 72.4 Å². The molecule has 2 aliphatic heterocycles. The van der Waals surface area contributed by atoms with Gasteiger partial charge in [-0.05, 0) is 30.2 Å². The molecular weight excluding hydrogens is 320 g/mol. The molecule has 1 unspecified atom stereocenters. The molecule has 1 fully saturated rings. The molecule has 2 heterocycles. The van der Waals surface area contributed by atoms with Crippen LogP contribution in [0.4, 0.5) is 0 Å². The zero-order valence-corrected chi connectivity index (χ0v) is 15.4. The van der Waals surface area contributed by atoms with Crippen LogP contribution in [0, 0.1) is 0 Å². The van der Waals surface area contributed by atoms with Crippen LogP contribution in [0.3, 0.4) is 0 Å². The molecule has 1 saturated heterocycles. The summed E-state index contributed by atoms with van der Waals surface area (Å²) in [5.74, 6) is 0.131. The highest BCUT2D eigenvalue weighted by Gasteiger charge is 2.39. The van der Waals surface area contributed by atoms with E-state index in [1.807, 2.05) is 41.3 Å². The third-order valence-corrected chi connectivity index (χ3v) is 5.98. The Hall–Kier alpha value is -2.39. The summed E-state index contributed by atoms with van der Waals surface area (Å²) in [5, 5.41) is 0. The third-order valence-electron chi connectivity index (χ3n) is 5.98. The molecule has 2 aromatic rings. The van der Waals surface area contributed by atoms with Crippen LogP contribution in [0.2, 0.25) is 0 Å². The van der Waals surface area contributed by atoms with E-state index in [9.17, 15) is 4.79 Å². The third kappa shape index (κ3) is 3.45. The SMILES string of the molecule is C[NH+]1[C@H]2CC[C@@H]1C=C(N(CCc1ccccc1)C(=O)c1ccccc1)C2. The van der Waals surface area contributed by atoms with E-state index in [2.05, 4.69) is 37.4 Å². The Morgan fingerprint density at radius 2 is 1.73 bits per heavy atom. The van der Waals surface area contributed by atoms with Gasteiger partial charge in [0.05, 0.1) is 13.1 Å². The van der Waals surface area contributed by atoms with Gasteiger partial charge in [-0.3, -0.25) is 4.79 Å². The number of carbonyl (C=O) groups is 1. The van der Waals surface area contributed by atoms with Crippen molar-refractivity contribution in [3.05, 3.63) is 83.6 Å². The topological polar surface area (TPSA) is 24.8 Å². The van der Waals surface area contributed by atoms with Crippen molar-refractivity contribution in [2.75, 3.05) is 13.6 Å². The van der Waals surface area contributed by atoms with E-state index in [1.54, 1.807) is 4.90 Å². The van der Waals surface area contributed by atoms with Gasteiger partial charge in [0.1, 0.15) is 6.04 Å². The Kier molecular flexibility index (Phi) is 4.89. The molecule has 0 aliphatic carbocycles. The van der Waals surface area contributed by atoms with Gasteiger partial charge in [-0.15, -0.1) is 0 Å². The van der Waals surface area contributed by atoms with Gasteiger partial charge < -0.3 is 9.80 Å². The largest absolute Gasteiger partial charge is 0.329 e. The minimum Gasteiger partial charge on any atom is -0.329 e. The summed E-state index contributed by atoms with van der Waals surface area (Å²) in [5.41, 5.74) is 3.29. The molecule has 0 spiro atoms. The van der Waals surface area contributed by atoms with E-state index in [4.69, 9.17) is 0 Å². The summed E-state index contributed by atoms with van der Waals surface area (Å²) in [4.78, 5) is 16.9. The van der Waals surface area contributed by atoms with E-state index in [0.717, 1.165) is 24.9 Å². The first-order valence-electron chi connectivity index (χ1n) is 9.67. The summed E-state index contributed by atoms with van der Waals surface area (Å²) < 4.78 is 0.